The molecule has 3 rings (SSSR count). The van der Waals surface area contributed by atoms with Crippen molar-refractivity contribution in [3.8, 4) is 0 Å². The van der Waals surface area contributed by atoms with Crippen molar-refractivity contribution in [3.05, 3.63) is 46.5 Å². The van der Waals surface area contributed by atoms with Crippen LogP contribution in [0.4, 0.5) is 0 Å². The normalized spacial score (nSPS) is 20.5. The van der Waals surface area contributed by atoms with Crippen LogP contribution >= 0.6 is 0 Å². The highest BCUT2D eigenvalue weighted by Crippen LogP contribution is 2.25. The molecule has 1 amide bonds. The first-order valence-corrected chi connectivity index (χ1v) is 7.08. The summed E-state index contributed by atoms with van der Waals surface area (Å²) in [5, 5.41) is 12.6. The first kappa shape index (κ1) is 13.8. The molecule has 2 aliphatic rings. The van der Waals surface area contributed by atoms with E-state index in [1.807, 2.05) is 24.3 Å². The quantitative estimate of drug-likeness (QED) is 0.794. The van der Waals surface area contributed by atoms with Gasteiger partial charge in [-0.05, 0) is 23.6 Å². The van der Waals surface area contributed by atoms with Gasteiger partial charge in [0, 0.05) is 31.6 Å². The van der Waals surface area contributed by atoms with Crippen LogP contribution in [-0.2, 0) is 22.6 Å². The topological polar surface area (TPSA) is 69.6 Å². The Kier molecular flexibility index (Phi) is 3.51. The molecule has 0 radical (unpaired) electrons. The minimum absolute atomic E-state index is 0.159. The van der Waals surface area contributed by atoms with Crippen LogP contribution in [0.2, 0.25) is 0 Å². The molecule has 0 spiro atoms. The lowest BCUT2D eigenvalue weighted by Gasteiger charge is -2.35. The summed E-state index contributed by atoms with van der Waals surface area (Å²) in [4.78, 5) is 25.7. The molecule has 21 heavy (non-hydrogen) atoms. The van der Waals surface area contributed by atoms with E-state index in [-0.39, 0.29) is 5.91 Å². The molecule has 1 unspecified atom stereocenters. The van der Waals surface area contributed by atoms with Crippen molar-refractivity contribution < 1.29 is 14.7 Å². The van der Waals surface area contributed by atoms with Crippen LogP contribution in [0.5, 0.6) is 0 Å². The predicted molar refractivity (Wildman–Crippen MR) is 77.7 cm³/mol. The zero-order chi connectivity index (χ0) is 15.0. The predicted octanol–water partition coefficient (Wildman–Crippen LogP) is 0.944. The Morgan fingerprint density at radius 3 is 2.48 bits per heavy atom. The first-order valence-electron chi connectivity index (χ1n) is 7.08. The van der Waals surface area contributed by atoms with Gasteiger partial charge in [0.05, 0.1) is 0 Å². The minimum Gasteiger partial charge on any atom is -0.480 e. The number of amides is 1. The van der Waals surface area contributed by atoms with E-state index in [1.54, 1.807) is 6.92 Å². The van der Waals surface area contributed by atoms with E-state index in [0.717, 1.165) is 29.8 Å². The average Bonchev–Trinajstić information content (AvgIpc) is 2.43. The van der Waals surface area contributed by atoms with Gasteiger partial charge in [-0.15, -0.1) is 0 Å². The summed E-state index contributed by atoms with van der Waals surface area (Å²) < 4.78 is 0. The third kappa shape index (κ3) is 2.45. The molecule has 0 bridgehead atoms. The molecule has 1 fully saturated rings. The summed E-state index contributed by atoms with van der Waals surface area (Å²) in [6, 6.07) is 6.94. The third-order valence-corrected chi connectivity index (χ3v) is 4.32. The molecule has 5 heteroatoms. The fourth-order valence-electron chi connectivity index (χ4n) is 2.84. The summed E-state index contributed by atoms with van der Waals surface area (Å²) in [5.41, 5.74) is 3.81. The van der Waals surface area contributed by atoms with Crippen LogP contribution in [0.25, 0.3) is 0 Å². The van der Waals surface area contributed by atoms with E-state index in [1.165, 1.54) is 4.90 Å². The number of fused-ring (bicyclic) bond motifs is 1. The Morgan fingerprint density at radius 2 is 1.90 bits per heavy atom. The lowest BCUT2D eigenvalue weighted by Crippen LogP contribution is -2.49. The summed E-state index contributed by atoms with van der Waals surface area (Å²) in [6.45, 7) is 3.60. The van der Waals surface area contributed by atoms with Crippen molar-refractivity contribution in [2.24, 2.45) is 0 Å². The van der Waals surface area contributed by atoms with Gasteiger partial charge < -0.3 is 15.3 Å². The Hall–Kier alpha value is -2.14. The van der Waals surface area contributed by atoms with Crippen LogP contribution in [-0.4, -0.2) is 41.0 Å². The molecule has 2 aliphatic heterocycles. The van der Waals surface area contributed by atoms with Crippen molar-refractivity contribution in [3.63, 3.8) is 0 Å². The molecule has 1 atom stereocenters. The smallest absolute Gasteiger partial charge is 0.326 e. The van der Waals surface area contributed by atoms with E-state index in [0.29, 0.717) is 18.5 Å². The second kappa shape index (κ2) is 5.33. The summed E-state index contributed by atoms with van der Waals surface area (Å²) >= 11 is 0. The number of hydrogen-bond acceptors (Lipinski definition) is 3. The zero-order valence-electron chi connectivity index (χ0n) is 11.9. The average molecular weight is 286 g/mol. The van der Waals surface area contributed by atoms with Gasteiger partial charge in [0.15, 0.2) is 0 Å². The van der Waals surface area contributed by atoms with Crippen LogP contribution in [0, 0.1) is 0 Å². The monoisotopic (exact) mass is 286 g/mol. The maximum absolute atomic E-state index is 12.6. The molecule has 0 aliphatic carbocycles. The van der Waals surface area contributed by atoms with Gasteiger partial charge in [-0.3, -0.25) is 4.79 Å². The largest absolute Gasteiger partial charge is 0.480 e. The highest BCUT2D eigenvalue weighted by atomic mass is 16.4. The second-order valence-corrected chi connectivity index (χ2v) is 5.59. The maximum atomic E-state index is 12.6. The number of nitrogens with zero attached hydrogens (tertiary/aromatic N) is 1. The summed E-state index contributed by atoms with van der Waals surface area (Å²) in [7, 11) is 0. The lowest BCUT2D eigenvalue weighted by atomic mass is 9.92. The van der Waals surface area contributed by atoms with Crippen LogP contribution in [0.15, 0.2) is 35.4 Å². The highest BCUT2D eigenvalue weighted by molar-refractivity contribution is 5.96. The number of carbonyl (C=O) groups is 2. The van der Waals surface area contributed by atoms with Gasteiger partial charge in [-0.25, -0.2) is 4.79 Å². The molecule has 1 aromatic rings. The number of aliphatic carboxylic acids is 1. The molecular formula is C16H18N2O3. The second-order valence-electron chi connectivity index (χ2n) is 5.59. The molecule has 1 aromatic carbocycles. The van der Waals surface area contributed by atoms with Crippen LogP contribution in [0.3, 0.4) is 0 Å². The molecule has 110 valence electrons. The van der Waals surface area contributed by atoms with Crippen molar-refractivity contribution >= 4 is 11.9 Å². The van der Waals surface area contributed by atoms with E-state index < -0.39 is 12.0 Å². The minimum atomic E-state index is -0.942. The van der Waals surface area contributed by atoms with Crippen LogP contribution < -0.4 is 5.32 Å². The Balaban J connectivity index is 1.92. The molecule has 1 saturated heterocycles. The number of hydrogen-bond donors (Lipinski definition) is 2. The molecular weight excluding hydrogens is 268 g/mol. The van der Waals surface area contributed by atoms with Gasteiger partial charge in [-0.1, -0.05) is 24.3 Å². The molecule has 0 saturated carbocycles. The van der Waals surface area contributed by atoms with Gasteiger partial charge >= 0.3 is 5.97 Å². The Bertz CT molecular complexity index is 630. The fraction of sp³-hybridized carbons (Fsp3) is 0.375. The maximum Gasteiger partial charge on any atom is 0.326 e. The van der Waals surface area contributed by atoms with Gasteiger partial charge in [0.1, 0.15) is 6.04 Å². The van der Waals surface area contributed by atoms with Gasteiger partial charge in [-0.2, -0.15) is 0 Å². The Labute approximate surface area is 123 Å². The molecule has 5 nitrogen and oxygen atoms in total. The SMILES string of the molecule is CC(C(=O)N1Cc2ccccc2CC1C(=O)O)=C1CNC1. The van der Waals surface area contributed by atoms with Crippen molar-refractivity contribution in [1.29, 1.82) is 0 Å². The third-order valence-electron chi connectivity index (χ3n) is 4.32. The van der Waals surface area contributed by atoms with Crippen molar-refractivity contribution in [2.45, 2.75) is 25.9 Å². The van der Waals surface area contributed by atoms with E-state index in [2.05, 4.69) is 5.32 Å². The zero-order valence-corrected chi connectivity index (χ0v) is 11.9. The van der Waals surface area contributed by atoms with Crippen molar-refractivity contribution in [2.75, 3.05) is 13.1 Å². The highest BCUT2D eigenvalue weighted by Gasteiger charge is 2.35. The standard InChI is InChI=1S/C16H18N2O3/c1-10(13-7-17-8-13)15(19)18-9-12-5-3-2-4-11(12)6-14(18)16(20)21/h2-5,14,17H,6-9H2,1H3,(H,20,21). The number of carboxylic acids is 1. The summed E-state index contributed by atoms with van der Waals surface area (Å²) in [6.07, 6.45) is 0.373. The Morgan fingerprint density at radius 1 is 1.24 bits per heavy atom. The number of nitrogens with one attached hydrogen (secondary N) is 1. The van der Waals surface area contributed by atoms with Gasteiger partial charge in [0.2, 0.25) is 0 Å². The van der Waals surface area contributed by atoms with E-state index in [4.69, 9.17) is 0 Å². The first-order chi connectivity index (χ1) is 10.1. The lowest BCUT2D eigenvalue weighted by molar-refractivity contribution is -0.149. The number of rotatable bonds is 2. The van der Waals surface area contributed by atoms with Crippen molar-refractivity contribution in [1.82, 2.24) is 10.2 Å². The molecule has 0 aromatic heterocycles. The number of benzene rings is 1. The van der Waals surface area contributed by atoms with E-state index >= 15 is 0 Å². The number of carbonyl (C=O) groups excluding carboxylic acids is 1. The van der Waals surface area contributed by atoms with E-state index in [9.17, 15) is 14.7 Å². The fourth-order valence-corrected chi connectivity index (χ4v) is 2.84. The molecule has 2 N–H and O–H groups in total. The van der Waals surface area contributed by atoms with Gasteiger partial charge in [0.25, 0.3) is 5.91 Å². The molecule has 2 heterocycles. The van der Waals surface area contributed by atoms with Crippen LogP contribution in [0.1, 0.15) is 18.1 Å². The number of carboxylic acid groups (broad SMARTS) is 1. The summed E-state index contributed by atoms with van der Waals surface area (Å²) in [5.74, 6) is -1.10.